The molecule has 2 aromatic heterocycles. The van der Waals surface area contributed by atoms with E-state index < -0.39 is 23.7 Å². The number of alkyl halides is 5. The van der Waals surface area contributed by atoms with Crippen molar-refractivity contribution in [2.24, 2.45) is 11.3 Å². The molecule has 5 nitrogen and oxygen atoms in total. The lowest BCUT2D eigenvalue weighted by Crippen LogP contribution is -2.59. The van der Waals surface area contributed by atoms with Gasteiger partial charge in [-0.05, 0) is 50.2 Å². The second kappa shape index (κ2) is 7.80. The number of ether oxygens (including phenoxy) is 1. The Bertz CT molecular complexity index is 1080. The lowest BCUT2D eigenvalue weighted by Gasteiger charge is -2.53. The second-order valence-electron chi connectivity index (χ2n) is 9.74. The smallest absolute Gasteiger partial charge is 0.380 e. The van der Waals surface area contributed by atoms with Crippen LogP contribution < -0.4 is 5.32 Å². The summed E-state index contributed by atoms with van der Waals surface area (Å²) in [5.74, 6) is -3.52. The molecular formula is C22H23ClF5N3O2. The molecule has 3 aliphatic rings. The van der Waals surface area contributed by atoms with Crippen molar-refractivity contribution in [1.82, 2.24) is 14.7 Å². The fourth-order valence-corrected chi connectivity index (χ4v) is 5.59. The van der Waals surface area contributed by atoms with Gasteiger partial charge in [-0.15, -0.1) is 0 Å². The zero-order valence-corrected chi connectivity index (χ0v) is 18.4. The quantitative estimate of drug-likeness (QED) is 0.467. The summed E-state index contributed by atoms with van der Waals surface area (Å²) >= 11 is 6.34. The van der Waals surface area contributed by atoms with Gasteiger partial charge in [-0.1, -0.05) is 11.6 Å². The number of imidazole rings is 1. The van der Waals surface area contributed by atoms with Crippen LogP contribution in [0.3, 0.4) is 0 Å². The highest BCUT2D eigenvalue weighted by molar-refractivity contribution is 6.30. The average Bonchev–Trinajstić information content (AvgIpc) is 3.03. The third-order valence-corrected chi connectivity index (χ3v) is 7.41. The Hall–Kier alpha value is -1.94. The highest BCUT2D eigenvalue weighted by Crippen LogP contribution is 2.47. The maximum atomic E-state index is 13.8. The number of rotatable bonds is 4. The third kappa shape index (κ3) is 4.32. The van der Waals surface area contributed by atoms with Gasteiger partial charge in [0, 0.05) is 29.9 Å². The number of amides is 1. The monoisotopic (exact) mass is 491 g/mol. The molecule has 1 spiro atoms. The van der Waals surface area contributed by atoms with E-state index in [4.69, 9.17) is 16.3 Å². The number of hydrogen-bond donors (Lipinski definition) is 1. The van der Waals surface area contributed by atoms with Crippen molar-refractivity contribution in [2.75, 3.05) is 13.2 Å². The molecule has 2 saturated carbocycles. The normalized spacial score (nSPS) is 22.8. The maximum Gasteiger partial charge on any atom is 0.435 e. The van der Waals surface area contributed by atoms with Gasteiger partial charge in [-0.2, -0.15) is 13.2 Å². The summed E-state index contributed by atoms with van der Waals surface area (Å²) < 4.78 is 74.7. The first-order valence-electron chi connectivity index (χ1n) is 11.0. The summed E-state index contributed by atoms with van der Waals surface area (Å²) in [5, 5.41) is 2.81. The fourth-order valence-electron chi connectivity index (χ4n) is 5.29. The van der Waals surface area contributed by atoms with E-state index in [1.54, 1.807) is 0 Å². The molecule has 0 aromatic carbocycles. The van der Waals surface area contributed by atoms with E-state index in [1.807, 2.05) is 0 Å². The first-order valence-corrected chi connectivity index (χ1v) is 11.4. The van der Waals surface area contributed by atoms with E-state index in [2.05, 4.69) is 10.3 Å². The Morgan fingerprint density at radius 2 is 1.88 bits per heavy atom. The molecule has 33 heavy (non-hydrogen) atoms. The van der Waals surface area contributed by atoms with Crippen LogP contribution in [0.25, 0.3) is 5.65 Å². The molecule has 11 heteroatoms. The predicted molar refractivity (Wildman–Crippen MR) is 110 cm³/mol. The van der Waals surface area contributed by atoms with Crippen molar-refractivity contribution >= 4 is 23.2 Å². The third-order valence-electron chi connectivity index (χ3n) is 7.13. The van der Waals surface area contributed by atoms with Crippen LogP contribution in [0.4, 0.5) is 22.0 Å². The predicted octanol–water partition coefficient (Wildman–Crippen LogP) is 5.28. The van der Waals surface area contributed by atoms with Crippen molar-refractivity contribution in [3.63, 3.8) is 0 Å². The molecule has 0 unspecified atom stereocenters. The topological polar surface area (TPSA) is 55.6 Å². The first kappa shape index (κ1) is 22.8. The summed E-state index contributed by atoms with van der Waals surface area (Å²) in [4.78, 5) is 16.4. The van der Waals surface area contributed by atoms with Crippen molar-refractivity contribution < 1.29 is 31.5 Å². The summed E-state index contributed by atoms with van der Waals surface area (Å²) in [6, 6.07) is 2.60. The van der Waals surface area contributed by atoms with Gasteiger partial charge in [0.1, 0.15) is 10.8 Å². The van der Waals surface area contributed by atoms with Crippen LogP contribution in [0.5, 0.6) is 0 Å². The molecule has 2 aromatic rings. The summed E-state index contributed by atoms with van der Waals surface area (Å²) in [6.07, 6.45) is -3.62. The molecule has 1 amide bonds. The maximum absolute atomic E-state index is 13.8. The van der Waals surface area contributed by atoms with Crippen molar-refractivity contribution in [1.29, 1.82) is 0 Å². The lowest BCUT2D eigenvalue weighted by atomic mass is 9.64. The van der Waals surface area contributed by atoms with Gasteiger partial charge >= 0.3 is 6.18 Å². The minimum absolute atomic E-state index is 0.0122. The molecule has 3 fully saturated rings. The molecule has 0 radical (unpaired) electrons. The van der Waals surface area contributed by atoms with Crippen molar-refractivity contribution in [2.45, 2.75) is 63.1 Å². The van der Waals surface area contributed by atoms with Gasteiger partial charge in [0.05, 0.1) is 18.9 Å². The second-order valence-corrected chi connectivity index (χ2v) is 10.1. The van der Waals surface area contributed by atoms with Gasteiger partial charge < -0.3 is 10.1 Å². The minimum atomic E-state index is -4.74. The van der Waals surface area contributed by atoms with Crippen LogP contribution >= 0.6 is 11.6 Å². The van der Waals surface area contributed by atoms with E-state index in [-0.39, 0.29) is 71.5 Å². The Kier molecular flexibility index (Phi) is 5.39. The van der Waals surface area contributed by atoms with E-state index in [0.717, 1.165) is 12.8 Å². The number of nitrogens with zero attached hydrogens (tertiary/aromatic N) is 2. The molecule has 5 rings (SSSR count). The average molecular weight is 492 g/mol. The number of halogens is 6. The first-order chi connectivity index (χ1) is 15.4. The molecule has 1 saturated heterocycles. The Morgan fingerprint density at radius 1 is 1.21 bits per heavy atom. The number of pyridine rings is 1. The lowest BCUT2D eigenvalue weighted by molar-refractivity contribution is -0.165. The summed E-state index contributed by atoms with van der Waals surface area (Å²) in [7, 11) is 0. The van der Waals surface area contributed by atoms with E-state index >= 15 is 0 Å². The van der Waals surface area contributed by atoms with Gasteiger partial charge in [-0.3, -0.25) is 9.20 Å². The van der Waals surface area contributed by atoms with Crippen LogP contribution in [0, 0.1) is 11.3 Å². The Morgan fingerprint density at radius 3 is 2.45 bits per heavy atom. The van der Waals surface area contributed by atoms with Crippen LogP contribution in [0.15, 0.2) is 12.1 Å². The molecule has 3 heterocycles. The number of aromatic nitrogens is 2. The van der Waals surface area contributed by atoms with Crippen molar-refractivity contribution in [3.8, 4) is 0 Å². The Labute approximate surface area is 191 Å². The molecule has 0 atom stereocenters. The summed E-state index contributed by atoms with van der Waals surface area (Å²) in [5.41, 5.74) is -1.06. The van der Waals surface area contributed by atoms with Crippen molar-refractivity contribution in [3.05, 3.63) is 34.2 Å². The summed E-state index contributed by atoms with van der Waals surface area (Å²) in [6.45, 7) is 1.37. The number of hydrogen-bond acceptors (Lipinski definition) is 3. The van der Waals surface area contributed by atoms with Gasteiger partial charge in [-0.25, -0.2) is 13.8 Å². The molecule has 1 N–H and O–H groups in total. The number of carbonyl (C=O) groups is 1. The van der Waals surface area contributed by atoms with Crippen LogP contribution in [-0.2, 0) is 17.3 Å². The van der Waals surface area contributed by atoms with E-state index in [1.165, 1.54) is 16.5 Å². The van der Waals surface area contributed by atoms with Crippen LogP contribution in [0.1, 0.15) is 60.3 Å². The molecule has 1 aliphatic heterocycles. The van der Waals surface area contributed by atoms with Gasteiger partial charge in [0.2, 0.25) is 5.92 Å². The molecular weight excluding hydrogens is 469 g/mol. The minimum Gasteiger partial charge on any atom is -0.380 e. The van der Waals surface area contributed by atoms with E-state index in [0.29, 0.717) is 13.2 Å². The SMILES string of the molecule is O=C(NC1CC2(COC2)C1)c1cc(Cl)n2c(CC3CCC(F)(F)CC3)c(C(F)(F)F)nc2c1. The highest BCUT2D eigenvalue weighted by Gasteiger charge is 2.50. The Balaban J connectivity index is 1.40. The molecule has 0 bridgehead atoms. The molecule has 2 aliphatic carbocycles. The number of fused-ring (bicyclic) bond motifs is 1. The van der Waals surface area contributed by atoms with Crippen LogP contribution in [-0.4, -0.2) is 40.5 Å². The van der Waals surface area contributed by atoms with Gasteiger partial charge in [0.25, 0.3) is 5.91 Å². The highest BCUT2D eigenvalue weighted by atomic mass is 35.5. The fraction of sp³-hybridized carbons (Fsp3) is 0.636. The number of nitrogens with one attached hydrogen (secondary N) is 1. The van der Waals surface area contributed by atoms with E-state index in [9.17, 15) is 26.7 Å². The number of carbonyl (C=O) groups excluding carboxylic acids is 1. The zero-order chi connectivity index (χ0) is 23.6. The van der Waals surface area contributed by atoms with Crippen LogP contribution in [0.2, 0.25) is 5.15 Å². The molecule has 180 valence electrons. The largest absolute Gasteiger partial charge is 0.435 e. The van der Waals surface area contributed by atoms with Gasteiger partial charge in [0.15, 0.2) is 5.69 Å². The zero-order valence-electron chi connectivity index (χ0n) is 17.7. The standard InChI is InChI=1S/C22H23ClF5N3O2/c23-16-6-13(19(32)29-14-8-20(9-14)10-33-11-20)7-17-30-18(22(26,27)28)15(31(16)17)5-12-1-3-21(24,25)4-2-12/h6-7,12,14H,1-5,8-11H2,(H,29,32).